The Labute approximate surface area is 115 Å². The highest BCUT2D eigenvalue weighted by Gasteiger charge is 2.27. The summed E-state index contributed by atoms with van der Waals surface area (Å²) in [5.74, 6) is -0.595. The zero-order valence-corrected chi connectivity index (χ0v) is 11.1. The molecule has 0 saturated carbocycles. The molecule has 3 N–H and O–H groups in total. The summed E-state index contributed by atoms with van der Waals surface area (Å²) in [6.45, 7) is 1.02. The van der Waals surface area contributed by atoms with Crippen LogP contribution >= 0.6 is 0 Å². The Bertz CT molecular complexity index is 668. The molecule has 0 bridgehead atoms. The number of carbonyl (C=O) groups excluding carboxylic acids is 1. The van der Waals surface area contributed by atoms with E-state index in [-0.39, 0.29) is 17.8 Å². The molecule has 5 nitrogen and oxygen atoms in total. The third kappa shape index (κ3) is 2.17. The van der Waals surface area contributed by atoms with Gasteiger partial charge in [0.05, 0.1) is 12.1 Å². The molecule has 1 aromatic carbocycles. The average Bonchev–Trinajstić information content (AvgIpc) is 2.94. The van der Waals surface area contributed by atoms with Gasteiger partial charge in [-0.1, -0.05) is 0 Å². The lowest BCUT2D eigenvalue weighted by atomic mass is 10.2. The summed E-state index contributed by atoms with van der Waals surface area (Å²) in [5, 5.41) is 16.2. The number of aryl methyl sites for hydroxylation is 1. The van der Waals surface area contributed by atoms with Gasteiger partial charge in [-0.15, -0.1) is 0 Å². The number of carbonyl (C=O) groups is 1. The van der Waals surface area contributed by atoms with Crippen molar-refractivity contribution in [2.45, 2.75) is 12.1 Å². The predicted octanol–water partition coefficient (Wildman–Crippen LogP) is 0.380. The molecule has 2 aromatic rings. The van der Waals surface area contributed by atoms with Crippen LogP contribution < -0.4 is 10.6 Å². The monoisotopic (exact) mass is 277 g/mol. The van der Waals surface area contributed by atoms with E-state index in [1.165, 1.54) is 12.1 Å². The van der Waals surface area contributed by atoms with Crippen LogP contribution in [0, 0.1) is 5.82 Å². The maximum atomic E-state index is 13.2. The predicted molar refractivity (Wildman–Crippen MR) is 73.0 cm³/mol. The Balaban J connectivity index is 1.89. The fraction of sp³-hybridized carbons (Fsp3) is 0.357. The molecule has 1 amide bonds. The number of amides is 1. The quantitative estimate of drug-likeness (QED) is 0.743. The van der Waals surface area contributed by atoms with Gasteiger partial charge in [0.25, 0.3) is 5.91 Å². The molecule has 1 fully saturated rings. The molecular formula is C14H16FN3O2. The Hall–Kier alpha value is -1.92. The normalized spacial score (nSPS) is 22.4. The lowest BCUT2D eigenvalue weighted by Gasteiger charge is -2.15. The van der Waals surface area contributed by atoms with E-state index in [0.717, 1.165) is 5.52 Å². The maximum Gasteiger partial charge on any atom is 0.268 e. The molecule has 3 rings (SSSR count). The number of nitrogens with one attached hydrogen (secondary N) is 2. The lowest BCUT2D eigenvalue weighted by Crippen LogP contribution is -2.43. The smallest absolute Gasteiger partial charge is 0.268 e. The molecule has 1 aliphatic rings. The second-order valence-electron chi connectivity index (χ2n) is 5.10. The number of aliphatic hydroxyl groups is 1. The fourth-order valence-electron chi connectivity index (χ4n) is 2.59. The van der Waals surface area contributed by atoms with E-state index >= 15 is 0 Å². The van der Waals surface area contributed by atoms with Crippen LogP contribution in [0.15, 0.2) is 24.3 Å². The second-order valence-corrected chi connectivity index (χ2v) is 5.10. The molecule has 1 aromatic heterocycles. The average molecular weight is 277 g/mol. The first-order chi connectivity index (χ1) is 9.56. The molecule has 1 saturated heterocycles. The Morgan fingerprint density at radius 1 is 1.45 bits per heavy atom. The molecule has 1 aliphatic heterocycles. The number of aromatic nitrogens is 1. The first-order valence-corrected chi connectivity index (χ1v) is 6.51. The fourth-order valence-corrected chi connectivity index (χ4v) is 2.59. The summed E-state index contributed by atoms with van der Waals surface area (Å²) in [4.78, 5) is 12.3. The minimum atomic E-state index is -0.578. The SMILES string of the molecule is Cn1c(C(=O)N[C@@H]2CNC[C@H]2O)cc2cc(F)ccc21. The Kier molecular flexibility index (Phi) is 3.19. The van der Waals surface area contributed by atoms with Gasteiger partial charge in [-0.3, -0.25) is 4.79 Å². The highest BCUT2D eigenvalue weighted by Crippen LogP contribution is 2.20. The number of benzene rings is 1. The van der Waals surface area contributed by atoms with Crippen LogP contribution in [0.2, 0.25) is 0 Å². The van der Waals surface area contributed by atoms with Crippen molar-refractivity contribution in [3.05, 3.63) is 35.8 Å². The van der Waals surface area contributed by atoms with Crippen LogP contribution in [-0.4, -0.2) is 40.8 Å². The van der Waals surface area contributed by atoms with Crippen LogP contribution in [-0.2, 0) is 7.05 Å². The third-order valence-electron chi connectivity index (χ3n) is 3.74. The van der Waals surface area contributed by atoms with Crippen molar-refractivity contribution in [3.8, 4) is 0 Å². The minimum Gasteiger partial charge on any atom is -0.390 e. The number of hydrogen-bond acceptors (Lipinski definition) is 3. The van der Waals surface area contributed by atoms with Gasteiger partial charge < -0.3 is 20.3 Å². The highest BCUT2D eigenvalue weighted by atomic mass is 19.1. The summed E-state index contributed by atoms with van der Waals surface area (Å²) in [5.41, 5.74) is 1.24. The lowest BCUT2D eigenvalue weighted by molar-refractivity contribution is 0.0881. The van der Waals surface area contributed by atoms with E-state index < -0.39 is 6.10 Å². The first-order valence-electron chi connectivity index (χ1n) is 6.51. The Morgan fingerprint density at radius 2 is 2.25 bits per heavy atom. The van der Waals surface area contributed by atoms with Crippen molar-refractivity contribution in [1.29, 1.82) is 0 Å². The molecule has 2 heterocycles. The molecule has 0 aliphatic carbocycles. The molecule has 6 heteroatoms. The van der Waals surface area contributed by atoms with Gasteiger partial charge in [0.15, 0.2) is 0 Å². The van der Waals surface area contributed by atoms with Crippen molar-refractivity contribution in [2.24, 2.45) is 7.05 Å². The third-order valence-corrected chi connectivity index (χ3v) is 3.74. The summed E-state index contributed by atoms with van der Waals surface area (Å²) < 4.78 is 14.9. The van der Waals surface area contributed by atoms with E-state index in [0.29, 0.717) is 24.2 Å². The zero-order valence-electron chi connectivity index (χ0n) is 11.1. The second kappa shape index (κ2) is 4.88. The molecule has 0 spiro atoms. The number of fused-ring (bicyclic) bond motifs is 1. The van der Waals surface area contributed by atoms with Crippen LogP contribution in [0.3, 0.4) is 0 Å². The standard InChI is InChI=1S/C14H16FN3O2/c1-18-11-3-2-9(15)4-8(11)5-12(18)14(20)17-10-6-16-7-13(10)19/h2-5,10,13,16,19H,6-7H2,1H3,(H,17,20)/t10-,13-/m1/s1. The van der Waals surface area contributed by atoms with Crippen molar-refractivity contribution >= 4 is 16.8 Å². The summed E-state index contributed by atoms with van der Waals surface area (Å²) in [6, 6.07) is 5.78. The van der Waals surface area contributed by atoms with Gasteiger partial charge in [0.2, 0.25) is 0 Å². The zero-order chi connectivity index (χ0) is 14.3. The molecular weight excluding hydrogens is 261 g/mol. The Morgan fingerprint density at radius 3 is 2.95 bits per heavy atom. The van der Waals surface area contributed by atoms with E-state index in [4.69, 9.17) is 0 Å². The maximum absolute atomic E-state index is 13.2. The van der Waals surface area contributed by atoms with Gasteiger partial charge in [0.1, 0.15) is 11.5 Å². The van der Waals surface area contributed by atoms with Crippen molar-refractivity contribution < 1.29 is 14.3 Å². The van der Waals surface area contributed by atoms with Crippen LogP contribution in [0.4, 0.5) is 4.39 Å². The number of nitrogens with zero attached hydrogens (tertiary/aromatic N) is 1. The van der Waals surface area contributed by atoms with Gasteiger partial charge >= 0.3 is 0 Å². The summed E-state index contributed by atoms with van der Waals surface area (Å²) in [6.07, 6.45) is -0.578. The van der Waals surface area contributed by atoms with Crippen molar-refractivity contribution in [1.82, 2.24) is 15.2 Å². The van der Waals surface area contributed by atoms with Gasteiger partial charge in [0, 0.05) is 31.0 Å². The molecule has 20 heavy (non-hydrogen) atoms. The number of hydrogen-bond donors (Lipinski definition) is 3. The first kappa shape index (κ1) is 13.1. The topological polar surface area (TPSA) is 66.3 Å². The molecule has 0 radical (unpaired) electrons. The van der Waals surface area contributed by atoms with E-state index in [9.17, 15) is 14.3 Å². The van der Waals surface area contributed by atoms with E-state index in [2.05, 4.69) is 10.6 Å². The molecule has 0 unspecified atom stereocenters. The van der Waals surface area contributed by atoms with E-state index in [1.54, 1.807) is 23.7 Å². The molecule has 2 atom stereocenters. The number of aliphatic hydroxyl groups excluding tert-OH is 1. The van der Waals surface area contributed by atoms with Crippen LogP contribution in [0.5, 0.6) is 0 Å². The number of β-amino-alcohol motifs (C(OH)–C–C–N with tert-alkyl or cyclic N) is 1. The largest absolute Gasteiger partial charge is 0.390 e. The minimum absolute atomic E-state index is 0.267. The van der Waals surface area contributed by atoms with Crippen molar-refractivity contribution in [2.75, 3.05) is 13.1 Å². The van der Waals surface area contributed by atoms with Crippen LogP contribution in [0.1, 0.15) is 10.5 Å². The summed E-state index contributed by atoms with van der Waals surface area (Å²) in [7, 11) is 1.76. The van der Waals surface area contributed by atoms with Gasteiger partial charge in [-0.2, -0.15) is 0 Å². The van der Waals surface area contributed by atoms with Gasteiger partial charge in [-0.05, 0) is 24.3 Å². The van der Waals surface area contributed by atoms with Crippen molar-refractivity contribution in [3.63, 3.8) is 0 Å². The van der Waals surface area contributed by atoms with Crippen LogP contribution in [0.25, 0.3) is 10.9 Å². The number of halogens is 1. The summed E-state index contributed by atoms with van der Waals surface area (Å²) >= 11 is 0. The highest BCUT2D eigenvalue weighted by molar-refractivity contribution is 5.98. The van der Waals surface area contributed by atoms with Gasteiger partial charge in [-0.25, -0.2) is 4.39 Å². The van der Waals surface area contributed by atoms with E-state index in [1.807, 2.05) is 0 Å². The number of rotatable bonds is 2. The molecule has 106 valence electrons.